The van der Waals surface area contributed by atoms with E-state index in [-0.39, 0.29) is 11.3 Å². The van der Waals surface area contributed by atoms with Gasteiger partial charge < -0.3 is 10.4 Å². The van der Waals surface area contributed by atoms with Gasteiger partial charge in [0.2, 0.25) is 0 Å². The van der Waals surface area contributed by atoms with Crippen LogP contribution in [0.5, 0.6) is 5.75 Å². The minimum atomic E-state index is -0.319. The Balaban J connectivity index is 2.04. The zero-order valence-corrected chi connectivity index (χ0v) is 12.3. The van der Waals surface area contributed by atoms with Crippen molar-refractivity contribution in [3.05, 3.63) is 51.4 Å². The Bertz CT molecular complexity index is 713. The Kier molecular flexibility index (Phi) is 3.51. The first-order valence-electron chi connectivity index (χ1n) is 7.18. The van der Waals surface area contributed by atoms with Crippen molar-refractivity contribution in [3.63, 3.8) is 0 Å². The fourth-order valence-electron chi connectivity index (χ4n) is 2.44. The van der Waals surface area contributed by atoms with Crippen molar-refractivity contribution in [2.24, 2.45) is 0 Å². The molecule has 0 aliphatic heterocycles. The topological polar surface area (TPSA) is 67.2 Å². The Morgan fingerprint density at radius 2 is 2.00 bits per heavy atom. The van der Waals surface area contributed by atoms with Crippen LogP contribution in [-0.4, -0.2) is 20.9 Å². The second kappa shape index (κ2) is 5.33. The number of nitrogens with zero attached hydrogens (tertiary/aromatic N) is 2. The van der Waals surface area contributed by atoms with Crippen molar-refractivity contribution in [1.82, 2.24) is 15.1 Å². The largest absolute Gasteiger partial charge is 0.506 e. The summed E-state index contributed by atoms with van der Waals surface area (Å²) in [7, 11) is 0. The summed E-state index contributed by atoms with van der Waals surface area (Å²) in [6, 6.07) is 7.61. The Labute approximate surface area is 123 Å². The fourth-order valence-corrected chi connectivity index (χ4v) is 2.44. The SMILES string of the molecule is Cc1cccc(C)c1-n1nc(CNC2CC2)c(O)cc1=O. The smallest absolute Gasteiger partial charge is 0.275 e. The van der Waals surface area contributed by atoms with E-state index in [0.717, 1.165) is 29.7 Å². The minimum Gasteiger partial charge on any atom is -0.506 e. The van der Waals surface area contributed by atoms with Gasteiger partial charge in [0.1, 0.15) is 11.4 Å². The van der Waals surface area contributed by atoms with Gasteiger partial charge in [0, 0.05) is 18.7 Å². The zero-order valence-electron chi connectivity index (χ0n) is 12.3. The molecule has 1 aliphatic rings. The van der Waals surface area contributed by atoms with E-state index in [9.17, 15) is 9.90 Å². The number of hydrogen-bond donors (Lipinski definition) is 2. The predicted molar refractivity (Wildman–Crippen MR) is 80.8 cm³/mol. The van der Waals surface area contributed by atoms with E-state index in [1.54, 1.807) is 0 Å². The minimum absolute atomic E-state index is 0.0457. The zero-order chi connectivity index (χ0) is 15.0. The molecule has 1 saturated carbocycles. The molecule has 0 unspecified atom stereocenters. The van der Waals surface area contributed by atoms with Gasteiger partial charge in [0.25, 0.3) is 5.56 Å². The second-order valence-corrected chi connectivity index (χ2v) is 5.62. The number of aromatic nitrogens is 2. The highest BCUT2D eigenvalue weighted by molar-refractivity contribution is 5.46. The van der Waals surface area contributed by atoms with E-state index in [1.165, 1.54) is 10.7 Å². The average molecular weight is 285 g/mol. The molecule has 0 spiro atoms. The standard InChI is InChI=1S/C16H19N3O2/c1-10-4-3-5-11(2)16(10)19-15(21)8-14(20)13(18-19)9-17-12-6-7-12/h3-5,8,12,17,20H,6-7,9H2,1-2H3. The van der Waals surface area contributed by atoms with Crippen molar-refractivity contribution in [2.75, 3.05) is 0 Å². The highest BCUT2D eigenvalue weighted by atomic mass is 16.3. The number of hydrogen-bond acceptors (Lipinski definition) is 4. The molecule has 1 aliphatic carbocycles. The van der Waals surface area contributed by atoms with E-state index in [2.05, 4.69) is 10.4 Å². The molecule has 1 aromatic heterocycles. The van der Waals surface area contributed by atoms with Gasteiger partial charge in [-0.15, -0.1) is 0 Å². The van der Waals surface area contributed by atoms with Gasteiger partial charge in [-0.3, -0.25) is 4.79 Å². The number of aromatic hydroxyl groups is 1. The monoisotopic (exact) mass is 285 g/mol. The first kappa shape index (κ1) is 13.8. The summed E-state index contributed by atoms with van der Waals surface area (Å²) in [6.07, 6.45) is 2.33. The van der Waals surface area contributed by atoms with Gasteiger partial charge in [-0.25, -0.2) is 0 Å². The summed E-state index contributed by atoms with van der Waals surface area (Å²) in [5.74, 6) is -0.0457. The molecule has 3 rings (SSSR count). The summed E-state index contributed by atoms with van der Waals surface area (Å²) in [6.45, 7) is 4.37. The van der Waals surface area contributed by atoms with Crippen LogP contribution in [0.1, 0.15) is 29.7 Å². The molecule has 5 nitrogen and oxygen atoms in total. The predicted octanol–water partition coefficient (Wildman–Crippen LogP) is 1.81. The fraction of sp³-hybridized carbons (Fsp3) is 0.375. The van der Waals surface area contributed by atoms with E-state index in [1.807, 2.05) is 32.0 Å². The van der Waals surface area contributed by atoms with E-state index < -0.39 is 0 Å². The lowest BCUT2D eigenvalue weighted by atomic mass is 10.1. The lowest BCUT2D eigenvalue weighted by Crippen LogP contribution is -2.25. The molecule has 0 amide bonds. The molecular weight excluding hydrogens is 266 g/mol. The van der Waals surface area contributed by atoms with Gasteiger partial charge in [0.05, 0.1) is 5.69 Å². The third-order valence-corrected chi connectivity index (χ3v) is 3.77. The third-order valence-electron chi connectivity index (χ3n) is 3.77. The molecule has 1 aromatic carbocycles. The second-order valence-electron chi connectivity index (χ2n) is 5.62. The van der Waals surface area contributed by atoms with Crippen LogP contribution in [0.4, 0.5) is 0 Å². The molecule has 1 heterocycles. The molecule has 110 valence electrons. The Morgan fingerprint density at radius 3 is 2.62 bits per heavy atom. The molecule has 2 N–H and O–H groups in total. The highest BCUT2D eigenvalue weighted by Crippen LogP contribution is 2.21. The number of benzene rings is 1. The Morgan fingerprint density at radius 1 is 1.33 bits per heavy atom. The van der Waals surface area contributed by atoms with Crippen molar-refractivity contribution in [1.29, 1.82) is 0 Å². The summed E-state index contributed by atoms with van der Waals surface area (Å²) in [5, 5.41) is 17.6. The van der Waals surface area contributed by atoms with Crippen LogP contribution < -0.4 is 10.9 Å². The molecule has 0 bridgehead atoms. The van der Waals surface area contributed by atoms with E-state index >= 15 is 0 Å². The summed E-state index contributed by atoms with van der Waals surface area (Å²) >= 11 is 0. The summed E-state index contributed by atoms with van der Waals surface area (Å²) in [4.78, 5) is 12.2. The van der Waals surface area contributed by atoms with Crippen LogP contribution in [0.2, 0.25) is 0 Å². The summed E-state index contributed by atoms with van der Waals surface area (Å²) < 4.78 is 1.38. The first-order chi connectivity index (χ1) is 10.1. The maximum Gasteiger partial charge on any atom is 0.275 e. The van der Waals surface area contributed by atoms with Gasteiger partial charge in [0.15, 0.2) is 0 Å². The first-order valence-corrected chi connectivity index (χ1v) is 7.18. The van der Waals surface area contributed by atoms with Crippen LogP contribution in [0.25, 0.3) is 5.69 Å². The van der Waals surface area contributed by atoms with Crippen molar-refractivity contribution in [2.45, 2.75) is 39.3 Å². The quantitative estimate of drug-likeness (QED) is 0.899. The molecule has 1 fully saturated rings. The van der Waals surface area contributed by atoms with Gasteiger partial charge in [-0.05, 0) is 37.8 Å². The maximum atomic E-state index is 12.2. The van der Waals surface area contributed by atoms with Crippen LogP contribution in [0.15, 0.2) is 29.1 Å². The third kappa shape index (κ3) is 2.83. The normalized spacial score (nSPS) is 14.4. The maximum absolute atomic E-state index is 12.2. The van der Waals surface area contributed by atoms with Crippen LogP contribution >= 0.6 is 0 Å². The molecule has 2 aromatic rings. The number of rotatable bonds is 4. The van der Waals surface area contributed by atoms with Crippen molar-refractivity contribution < 1.29 is 5.11 Å². The van der Waals surface area contributed by atoms with E-state index in [4.69, 9.17) is 0 Å². The number of para-hydroxylation sites is 1. The highest BCUT2D eigenvalue weighted by Gasteiger charge is 2.21. The molecule has 0 atom stereocenters. The number of nitrogens with one attached hydrogen (secondary N) is 1. The molecule has 0 saturated heterocycles. The lowest BCUT2D eigenvalue weighted by molar-refractivity contribution is 0.451. The average Bonchev–Trinajstić information content (AvgIpc) is 3.23. The molecule has 0 radical (unpaired) electrons. The van der Waals surface area contributed by atoms with Gasteiger partial charge >= 0.3 is 0 Å². The van der Waals surface area contributed by atoms with Crippen LogP contribution in [0, 0.1) is 13.8 Å². The van der Waals surface area contributed by atoms with Crippen molar-refractivity contribution >= 4 is 0 Å². The molecular formula is C16H19N3O2. The summed E-state index contributed by atoms with van der Waals surface area (Å²) in [5.41, 5.74) is 2.94. The van der Waals surface area contributed by atoms with E-state index in [0.29, 0.717) is 18.3 Å². The number of aryl methyl sites for hydroxylation is 2. The Hall–Kier alpha value is -2.14. The molecule has 5 heteroatoms. The van der Waals surface area contributed by atoms with Gasteiger partial charge in [-0.1, -0.05) is 18.2 Å². The lowest BCUT2D eigenvalue weighted by Gasteiger charge is -2.13. The van der Waals surface area contributed by atoms with Gasteiger partial charge in [-0.2, -0.15) is 9.78 Å². The molecule has 21 heavy (non-hydrogen) atoms. The van der Waals surface area contributed by atoms with Crippen LogP contribution in [0.3, 0.4) is 0 Å². The van der Waals surface area contributed by atoms with Crippen molar-refractivity contribution in [3.8, 4) is 11.4 Å². The van der Waals surface area contributed by atoms with Crippen LogP contribution in [-0.2, 0) is 6.54 Å².